The molecule has 0 N–H and O–H groups in total. The molecule has 1 aromatic carbocycles. The van der Waals surface area contributed by atoms with Crippen molar-refractivity contribution in [3.63, 3.8) is 0 Å². The van der Waals surface area contributed by atoms with Crippen LogP contribution in [0.3, 0.4) is 0 Å². The fourth-order valence-corrected chi connectivity index (χ4v) is 3.38. The highest BCUT2D eigenvalue weighted by atomic mass is 35.5. The van der Waals surface area contributed by atoms with Crippen molar-refractivity contribution in [3.05, 3.63) is 45.6 Å². The SMILES string of the molecule is CCOC(=O)c1c(Cl)c(CC)c(Cl)n2c1nc1ccccc12. The number of hydrogen-bond donors (Lipinski definition) is 0. The van der Waals surface area contributed by atoms with E-state index in [0.717, 1.165) is 11.0 Å². The van der Waals surface area contributed by atoms with Crippen molar-refractivity contribution in [2.24, 2.45) is 0 Å². The lowest BCUT2D eigenvalue weighted by molar-refractivity contribution is 0.0528. The van der Waals surface area contributed by atoms with Gasteiger partial charge in [0.05, 0.1) is 22.7 Å². The summed E-state index contributed by atoms with van der Waals surface area (Å²) in [5.41, 5.74) is 2.98. The fourth-order valence-electron chi connectivity index (χ4n) is 2.55. The van der Waals surface area contributed by atoms with Gasteiger partial charge < -0.3 is 4.74 Å². The van der Waals surface area contributed by atoms with Crippen molar-refractivity contribution in [3.8, 4) is 0 Å². The normalized spacial score (nSPS) is 11.3. The van der Waals surface area contributed by atoms with E-state index in [-0.39, 0.29) is 12.2 Å². The highest BCUT2D eigenvalue weighted by Gasteiger charge is 2.25. The third kappa shape index (κ3) is 2.14. The van der Waals surface area contributed by atoms with Gasteiger partial charge >= 0.3 is 5.97 Å². The maximum Gasteiger partial charge on any atom is 0.343 e. The van der Waals surface area contributed by atoms with E-state index in [1.165, 1.54) is 0 Å². The molecule has 0 saturated carbocycles. The number of pyridine rings is 1. The molecular weight excluding hydrogens is 323 g/mol. The first-order chi connectivity index (χ1) is 10.6. The largest absolute Gasteiger partial charge is 0.462 e. The Morgan fingerprint density at radius 3 is 2.68 bits per heavy atom. The van der Waals surface area contributed by atoms with Gasteiger partial charge in [0.15, 0.2) is 5.65 Å². The topological polar surface area (TPSA) is 43.6 Å². The van der Waals surface area contributed by atoms with Gasteiger partial charge in [-0.05, 0) is 25.5 Å². The summed E-state index contributed by atoms with van der Waals surface area (Å²) in [6, 6.07) is 7.56. The Bertz CT molecular complexity index is 887. The molecule has 4 nitrogen and oxygen atoms in total. The van der Waals surface area contributed by atoms with Crippen LogP contribution in [-0.2, 0) is 11.2 Å². The lowest BCUT2D eigenvalue weighted by Gasteiger charge is -2.13. The number of rotatable bonds is 3. The minimum absolute atomic E-state index is 0.265. The van der Waals surface area contributed by atoms with E-state index in [4.69, 9.17) is 27.9 Å². The van der Waals surface area contributed by atoms with Crippen LogP contribution >= 0.6 is 23.2 Å². The van der Waals surface area contributed by atoms with Gasteiger partial charge in [0, 0.05) is 5.56 Å². The number of esters is 1. The molecule has 0 fully saturated rings. The molecular formula is C16H14Cl2N2O2. The van der Waals surface area contributed by atoms with E-state index < -0.39 is 5.97 Å². The molecule has 0 aliphatic rings. The van der Waals surface area contributed by atoms with Gasteiger partial charge in [-0.15, -0.1) is 0 Å². The van der Waals surface area contributed by atoms with Crippen LogP contribution in [0.1, 0.15) is 29.8 Å². The first kappa shape index (κ1) is 15.1. The zero-order valence-electron chi connectivity index (χ0n) is 12.2. The molecule has 0 spiro atoms. The van der Waals surface area contributed by atoms with Crippen molar-refractivity contribution < 1.29 is 9.53 Å². The first-order valence-corrected chi connectivity index (χ1v) is 7.79. The Morgan fingerprint density at radius 1 is 1.27 bits per heavy atom. The molecule has 0 atom stereocenters. The standard InChI is InChI=1S/C16H14Cl2N2O2/c1-3-9-13(17)12(16(21)22-4-2)15-19-10-7-5-6-8-11(10)20(15)14(9)18/h5-8H,3-4H2,1-2H3. The summed E-state index contributed by atoms with van der Waals surface area (Å²) in [6.07, 6.45) is 0.604. The molecule has 2 heterocycles. The molecule has 0 amide bonds. The number of fused-ring (bicyclic) bond motifs is 3. The Kier molecular flexibility index (Phi) is 3.98. The Morgan fingerprint density at radius 2 is 2.00 bits per heavy atom. The molecule has 0 aliphatic heterocycles. The monoisotopic (exact) mass is 336 g/mol. The van der Waals surface area contributed by atoms with Crippen molar-refractivity contribution >= 4 is 45.9 Å². The number of halogens is 2. The molecule has 2 aromatic heterocycles. The zero-order chi connectivity index (χ0) is 15.9. The second-order valence-corrected chi connectivity index (χ2v) is 5.53. The van der Waals surface area contributed by atoms with Gasteiger partial charge in [0.1, 0.15) is 10.7 Å². The van der Waals surface area contributed by atoms with Gasteiger partial charge in [-0.3, -0.25) is 4.40 Å². The van der Waals surface area contributed by atoms with Crippen molar-refractivity contribution in [2.75, 3.05) is 6.61 Å². The van der Waals surface area contributed by atoms with E-state index in [2.05, 4.69) is 4.98 Å². The third-order valence-corrected chi connectivity index (χ3v) is 4.36. The second-order valence-electron chi connectivity index (χ2n) is 4.79. The summed E-state index contributed by atoms with van der Waals surface area (Å²) in [6.45, 7) is 3.96. The molecule has 114 valence electrons. The Labute approximate surface area is 137 Å². The lowest BCUT2D eigenvalue weighted by Crippen LogP contribution is -2.10. The molecule has 6 heteroatoms. The van der Waals surface area contributed by atoms with Crippen LogP contribution < -0.4 is 0 Å². The van der Waals surface area contributed by atoms with Crippen molar-refractivity contribution in [1.82, 2.24) is 9.38 Å². The highest BCUT2D eigenvalue weighted by molar-refractivity contribution is 6.38. The number of nitrogens with zero attached hydrogens (tertiary/aromatic N) is 2. The fraction of sp³-hybridized carbons (Fsp3) is 0.250. The van der Waals surface area contributed by atoms with Gasteiger partial charge in [-0.2, -0.15) is 0 Å². The van der Waals surface area contributed by atoms with Crippen molar-refractivity contribution in [2.45, 2.75) is 20.3 Å². The summed E-state index contributed by atoms with van der Waals surface area (Å²) >= 11 is 12.9. The quantitative estimate of drug-likeness (QED) is 0.521. The van der Waals surface area contributed by atoms with Gasteiger partial charge in [-0.1, -0.05) is 42.3 Å². The minimum atomic E-state index is -0.487. The average Bonchev–Trinajstić information content (AvgIpc) is 2.87. The number of imidazole rings is 1. The van der Waals surface area contributed by atoms with Gasteiger partial charge in [-0.25, -0.2) is 9.78 Å². The third-order valence-electron chi connectivity index (χ3n) is 3.55. The van der Waals surface area contributed by atoms with E-state index in [0.29, 0.717) is 27.8 Å². The molecule has 0 radical (unpaired) electrons. The maximum absolute atomic E-state index is 12.3. The number of ether oxygens (including phenoxy) is 1. The second kappa shape index (κ2) is 5.78. The number of benzene rings is 1. The van der Waals surface area contributed by atoms with E-state index in [9.17, 15) is 4.79 Å². The number of carbonyl (C=O) groups is 1. The number of aromatic nitrogens is 2. The zero-order valence-corrected chi connectivity index (χ0v) is 13.7. The van der Waals surface area contributed by atoms with Crippen LogP contribution in [0.25, 0.3) is 16.7 Å². The smallest absolute Gasteiger partial charge is 0.343 e. The van der Waals surface area contributed by atoms with E-state index in [1.54, 1.807) is 11.3 Å². The van der Waals surface area contributed by atoms with Crippen LogP contribution in [0, 0.1) is 0 Å². The number of para-hydroxylation sites is 2. The summed E-state index contributed by atoms with van der Waals surface area (Å²) in [7, 11) is 0. The van der Waals surface area contributed by atoms with E-state index >= 15 is 0 Å². The first-order valence-electron chi connectivity index (χ1n) is 7.04. The molecule has 0 saturated heterocycles. The predicted molar refractivity (Wildman–Crippen MR) is 88.1 cm³/mol. The van der Waals surface area contributed by atoms with Crippen LogP contribution in [0.2, 0.25) is 10.2 Å². The van der Waals surface area contributed by atoms with E-state index in [1.807, 2.05) is 31.2 Å². The lowest BCUT2D eigenvalue weighted by atomic mass is 10.1. The van der Waals surface area contributed by atoms with Crippen LogP contribution in [-0.4, -0.2) is 22.0 Å². The molecule has 3 rings (SSSR count). The molecule has 22 heavy (non-hydrogen) atoms. The molecule has 0 bridgehead atoms. The van der Waals surface area contributed by atoms with Crippen molar-refractivity contribution in [1.29, 1.82) is 0 Å². The number of hydrogen-bond acceptors (Lipinski definition) is 3. The summed E-state index contributed by atoms with van der Waals surface area (Å²) < 4.78 is 6.89. The molecule has 3 aromatic rings. The predicted octanol–water partition coefficient (Wildman–Crippen LogP) is 4.53. The van der Waals surface area contributed by atoms with Gasteiger partial charge in [0.25, 0.3) is 0 Å². The highest BCUT2D eigenvalue weighted by Crippen LogP contribution is 2.34. The maximum atomic E-state index is 12.3. The van der Waals surface area contributed by atoms with Crippen LogP contribution in [0.15, 0.2) is 24.3 Å². The molecule has 0 aliphatic carbocycles. The summed E-state index contributed by atoms with van der Waals surface area (Å²) in [5, 5.41) is 0.790. The summed E-state index contributed by atoms with van der Waals surface area (Å²) in [4.78, 5) is 16.8. The van der Waals surface area contributed by atoms with Crippen LogP contribution in [0.5, 0.6) is 0 Å². The van der Waals surface area contributed by atoms with Gasteiger partial charge in [0.2, 0.25) is 0 Å². The Hall–Kier alpha value is -1.78. The Balaban J connectivity index is 2.50. The minimum Gasteiger partial charge on any atom is -0.462 e. The van der Waals surface area contributed by atoms with Crippen LogP contribution in [0.4, 0.5) is 0 Å². The number of carbonyl (C=O) groups excluding carboxylic acids is 1. The summed E-state index contributed by atoms with van der Waals surface area (Å²) in [5.74, 6) is -0.487. The average molecular weight is 337 g/mol. The molecule has 0 unspecified atom stereocenters.